The van der Waals surface area contributed by atoms with Crippen molar-refractivity contribution in [1.82, 2.24) is 0 Å². The molecule has 0 aliphatic heterocycles. The van der Waals surface area contributed by atoms with Gasteiger partial charge in [0.05, 0.1) is 0 Å². The zero-order valence-electron chi connectivity index (χ0n) is 3.69. The molecule has 0 aliphatic carbocycles. The Morgan fingerprint density at radius 1 is 1.40 bits per heavy atom. The molecule has 0 spiro atoms. The van der Waals surface area contributed by atoms with Gasteiger partial charge in [-0.05, 0) is 0 Å². The fourth-order valence-electron chi connectivity index (χ4n) is 0. The molecule has 0 unspecified atom stereocenters. The Hall–Kier alpha value is 1.22. The van der Waals surface area contributed by atoms with Crippen LogP contribution < -0.4 is 5.11 Å². The Labute approximate surface area is 62.4 Å². The van der Waals surface area contributed by atoms with Gasteiger partial charge in [-0.1, -0.05) is 13.8 Å². The van der Waals surface area contributed by atoms with Gasteiger partial charge in [0, 0.05) is 0 Å². The first-order chi connectivity index (χ1) is 1.73. The minimum Gasteiger partial charge on any atom is -0.852 e. The minimum absolute atomic E-state index is 0. The topological polar surface area (TPSA) is 23.1 Å². The molecule has 0 aromatic rings. The van der Waals surface area contributed by atoms with Crippen molar-refractivity contribution in [3.63, 3.8) is 0 Å². The van der Waals surface area contributed by atoms with Crippen molar-refractivity contribution in [2.24, 2.45) is 0 Å². The Kier molecular flexibility index (Phi) is 9.94. The molecule has 0 bridgehead atoms. The van der Waals surface area contributed by atoms with Crippen LogP contribution in [0.1, 0.15) is 13.8 Å². The molecule has 0 aromatic carbocycles. The van der Waals surface area contributed by atoms with Crippen molar-refractivity contribution >= 4 is 37.7 Å². The Balaban J connectivity index is 0. The SMILES string of the molecule is CC(C)[O-].[Ca+2]. The normalized spacial score (nSPS) is 7.20. The Bertz CT molecular complexity index is 11.6. The van der Waals surface area contributed by atoms with Crippen LogP contribution in [-0.4, -0.2) is 43.8 Å². The summed E-state index contributed by atoms with van der Waals surface area (Å²) in [5.74, 6) is 0. The van der Waals surface area contributed by atoms with Crippen LogP contribution in [0.25, 0.3) is 0 Å². The molecular formula is C3H7CaO+. The van der Waals surface area contributed by atoms with Crippen LogP contribution in [0.4, 0.5) is 0 Å². The van der Waals surface area contributed by atoms with Gasteiger partial charge in [0.2, 0.25) is 0 Å². The molecule has 2 heteroatoms. The third-order valence-corrected chi connectivity index (χ3v) is 0. The molecule has 0 radical (unpaired) electrons. The van der Waals surface area contributed by atoms with Crippen molar-refractivity contribution in [3.8, 4) is 0 Å². The van der Waals surface area contributed by atoms with Gasteiger partial charge < -0.3 is 5.11 Å². The predicted molar refractivity (Wildman–Crippen MR) is 20.9 cm³/mol. The molecule has 5 heavy (non-hydrogen) atoms. The van der Waals surface area contributed by atoms with E-state index in [4.69, 9.17) is 0 Å². The van der Waals surface area contributed by atoms with E-state index in [1.54, 1.807) is 13.8 Å². The molecule has 0 amide bonds. The van der Waals surface area contributed by atoms with E-state index in [9.17, 15) is 5.11 Å². The van der Waals surface area contributed by atoms with Gasteiger partial charge in [-0.15, -0.1) is 6.10 Å². The summed E-state index contributed by atoms with van der Waals surface area (Å²) in [4.78, 5) is 0. The average molecular weight is 99.2 g/mol. The zero-order chi connectivity index (χ0) is 3.58. The van der Waals surface area contributed by atoms with Gasteiger partial charge in [-0.3, -0.25) is 0 Å². The first-order valence-corrected chi connectivity index (χ1v) is 1.39. The van der Waals surface area contributed by atoms with Crippen molar-refractivity contribution in [3.05, 3.63) is 0 Å². The van der Waals surface area contributed by atoms with E-state index in [0.29, 0.717) is 0 Å². The third-order valence-electron chi connectivity index (χ3n) is 0. The standard InChI is InChI=1S/C3H7O.Ca/c1-3(2)4;/h3H,1-2H3;/q-1;+2. The van der Waals surface area contributed by atoms with Crippen LogP contribution in [0, 0.1) is 0 Å². The minimum atomic E-state index is -0.417. The third kappa shape index (κ3) is 36.4. The van der Waals surface area contributed by atoms with Crippen LogP contribution in [-0.2, 0) is 0 Å². The number of hydrogen-bond acceptors (Lipinski definition) is 1. The zero-order valence-corrected chi connectivity index (χ0v) is 5.90. The predicted octanol–water partition coefficient (Wildman–Crippen LogP) is -0.626. The molecule has 0 saturated heterocycles. The fraction of sp³-hybridized carbons (Fsp3) is 1.00. The van der Waals surface area contributed by atoms with E-state index >= 15 is 0 Å². The summed E-state index contributed by atoms with van der Waals surface area (Å²) in [5.41, 5.74) is 0. The van der Waals surface area contributed by atoms with Crippen molar-refractivity contribution in [1.29, 1.82) is 0 Å². The molecule has 0 fully saturated rings. The van der Waals surface area contributed by atoms with E-state index in [1.807, 2.05) is 0 Å². The molecule has 0 atom stereocenters. The van der Waals surface area contributed by atoms with E-state index < -0.39 is 6.10 Å². The summed E-state index contributed by atoms with van der Waals surface area (Å²) in [5, 5.41) is 9.53. The van der Waals surface area contributed by atoms with Crippen LogP contribution in [0.5, 0.6) is 0 Å². The van der Waals surface area contributed by atoms with Gasteiger partial charge >= 0.3 is 37.7 Å². The molecule has 0 aliphatic rings. The van der Waals surface area contributed by atoms with Gasteiger partial charge in [-0.25, -0.2) is 0 Å². The van der Waals surface area contributed by atoms with Crippen LogP contribution in [0.3, 0.4) is 0 Å². The molecule has 0 heterocycles. The van der Waals surface area contributed by atoms with Crippen molar-refractivity contribution < 1.29 is 5.11 Å². The maximum atomic E-state index is 9.53. The Morgan fingerprint density at radius 3 is 1.40 bits per heavy atom. The van der Waals surface area contributed by atoms with Gasteiger partial charge in [-0.2, -0.15) is 0 Å². The first kappa shape index (κ1) is 9.52. The monoisotopic (exact) mass is 99.0 g/mol. The molecule has 1 nitrogen and oxygen atoms in total. The molecule has 0 saturated carbocycles. The van der Waals surface area contributed by atoms with E-state index in [2.05, 4.69) is 0 Å². The van der Waals surface area contributed by atoms with Crippen LogP contribution >= 0.6 is 0 Å². The second kappa shape index (κ2) is 5.22. The van der Waals surface area contributed by atoms with E-state index in [1.165, 1.54) is 0 Å². The van der Waals surface area contributed by atoms with Gasteiger partial charge in [0.1, 0.15) is 0 Å². The molecule has 0 aromatic heterocycles. The fourth-order valence-corrected chi connectivity index (χ4v) is 0. The summed E-state index contributed by atoms with van der Waals surface area (Å²) in [6.45, 7) is 3.22. The number of rotatable bonds is 0. The number of hydrogen-bond donors (Lipinski definition) is 0. The van der Waals surface area contributed by atoms with Gasteiger partial charge in [0.15, 0.2) is 0 Å². The first-order valence-electron chi connectivity index (χ1n) is 1.39. The molecule has 0 N–H and O–H groups in total. The second-order valence-electron chi connectivity index (χ2n) is 1.05. The van der Waals surface area contributed by atoms with Crippen molar-refractivity contribution in [2.75, 3.05) is 0 Å². The average Bonchev–Trinajstić information content (AvgIpc) is 0.811. The summed E-state index contributed by atoms with van der Waals surface area (Å²) in [7, 11) is 0. The molecule has 0 rings (SSSR count). The Morgan fingerprint density at radius 2 is 1.40 bits per heavy atom. The summed E-state index contributed by atoms with van der Waals surface area (Å²) < 4.78 is 0. The van der Waals surface area contributed by atoms with Crippen LogP contribution in [0.2, 0.25) is 0 Å². The maximum Gasteiger partial charge on any atom is 2.00 e. The van der Waals surface area contributed by atoms with E-state index in [-0.39, 0.29) is 37.7 Å². The largest absolute Gasteiger partial charge is 2.00 e. The van der Waals surface area contributed by atoms with E-state index in [0.717, 1.165) is 0 Å². The maximum absolute atomic E-state index is 9.53. The second-order valence-corrected chi connectivity index (χ2v) is 1.05. The quantitative estimate of drug-likeness (QED) is 0.371. The van der Waals surface area contributed by atoms with Gasteiger partial charge in [0.25, 0.3) is 0 Å². The smallest absolute Gasteiger partial charge is 0.852 e. The van der Waals surface area contributed by atoms with Crippen LogP contribution in [0.15, 0.2) is 0 Å². The van der Waals surface area contributed by atoms with Crippen molar-refractivity contribution in [2.45, 2.75) is 20.0 Å². The molecular weight excluding hydrogens is 92.1 g/mol. The molecule has 26 valence electrons. The summed E-state index contributed by atoms with van der Waals surface area (Å²) in [6.07, 6.45) is -0.417. The summed E-state index contributed by atoms with van der Waals surface area (Å²) in [6, 6.07) is 0. The summed E-state index contributed by atoms with van der Waals surface area (Å²) >= 11 is 0.